The van der Waals surface area contributed by atoms with Gasteiger partial charge in [0, 0.05) is 6.42 Å². The van der Waals surface area contributed by atoms with E-state index >= 15 is 0 Å². The van der Waals surface area contributed by atoms with Crippen molar-refractivity contribution in [3.05, 3.63) is 12.2 Å². The predicted molar refractivity (Wildman–Crippen MR) is 285 cm³/mol. The van der Waals surface area contributed by atoms with Crippen LogP contribution in [0.5, 0.6) is 0 Å². The smallest absolute Gasteiger partial charge is 0.314 e. The van der Waals surface area contributed by atoms with Gasteiger partial charge in [-0.15, -0.1) is 0 Å². The van der Waals surface area contributed by atoms with Crippen molar-refractivity contribution in [2.24, 2.45) is 28.1 Å². The molecule has 0 aromatic carbocycles. The quantitative estimate of drug-likeness (QED) is 0.0272. The molecule has 32 nitrogen and oxygen atoms in total. The molecule has 88 heavy (non-hydrogen) atoms. The zero-order chi connectivity index (χ0) is 64.3. The molecule has 2 bridgehead atoms. The van der Waals surface area contributed by atoms with Gasteiger partial charge in [0.15, 0.2) is 37.7 Å². The molecule has 1 spiro atoms. The number of carbonyl (C=O) groups is 1. The van der Waals surface area contributed by atoms with Gasteiger partial charge in [-0.25, -0.2) is 0 Å². The number of aliphatic hydroxyl groups is 19. The average molecular weight is 1280 g/mol. The van der Waals surface area contributed by atoms with Crippen molar-refractivity contribution in [3.63, 3.8) is 0 Å². The van der Waals surface area contributed by atoms with Crippen LogP contribution in [-0.2, 0) is 61.6 Å². The van der Waals surface area contributed by atoms with E-state index in [0.29, 0.717) is 51.4 Å². The minimum atomic E-state index is -2.15. The summed E-state index contributed by atoms with van der Waals surface area (Å²) in [7, 11) is 0. The van der Waals surface area contributed by atoms with Crippen molar-refractivity contribution in [2.45, 2.75) is 263 Å². The van der Waals surface area contributed by atoms with Crippen LogP contribution in [0, 0.1) is 28.1 Å². The summed E-state index contributed by atoms with van der Waals surface area (Å²) < 4.78 is 69.0. The third-order valence-corrected chi connectivity index (χ3v) is 20.6. The lowest BCUT2D eigenvalue weighted by Crippen LogP contribution is -2.65. The van der Waals surface area contributed by atoms with Gasteiger partial charge in [-0.05, 0) is 93.5 Å². The Hall–Kier alpha value is -1.99. The fraction of sp³-hybridized carbons (Fsp3) is 0.946. The lowest BCUT2D eigenvalue weighted by molar-refractivity contribution is -0.364. The summed E-state index contributed by atoms with van der Waals surface area (Å²) in [6.45, 7) is 5.58. The Morgan fingerprint density at radius 1 is 0.602 bits per heavy atom. The molecular formula is C56H92O32. The van der Waals surface area contributed by atoms with Crippen LogP contribution in [0.25, 0.3) is 0 Å². The molecule has 5 aliphatic heterocycles. The highest BCUT2D eigenvalue weighted by atomic mass is 16.8. The predicted octanol–water partition coefficient (Wildman–Crippen LogP) is -7.84. The van der Waals surface area contributed by atoms with Crippen LogP contribution in [0.2, 0.25) is 0 Å². The molecule has 0 radical (unpaired) electrons. The van der Waals surface area contributed by atoms with E-state index in [9.17, 15) is 102 Å². The largest absolute Gasteiger partial charge is 0.432 e. The van der Waals surface area contributed by atoms with Crippen molar-refractivity contribution in [1.82, 2.24) is 0 Å². The molecular weight excluding hydrogens is 1180 g/mol. The third-order valence-electron chi connectivity index (χ3n) is 20.6. The van der Waals surface area contributed by atoms with Gasteiger partial charge < -0.3 is 154 Å². The normalized spacial score (nSPS) is 50.3. The Labute approximate surface area is 506 Å². The highest BCUT2D eigenvalue weighted by Gasteiger charge is 2.69. The average Bonchev–Trinajstić information content (AvgIpc) is 1.40. The van der Waals surface area contributed by atoms with Crippen LogP contribution in [0.15, 0.2) is 12.2 Å². The van der Waals surface area contributed by atoms with Gasteiger partial charge in [-0.2, -0.15) is 0 Å². The van der Waals surface area contributed by atoms with Gasteiger partial charge in [0.1, 0.15) is 122 Å². The molecule has 9 rings (SSSR count). The lowest BCUT2D eigenvalue weighted by atomic mass is 9.41. The molecule has 508 valence electrons. The SMILES string of the molecule is C=C1CC23CCC4C(C)(C(=O)OC5OC(CO)C(OC6OC(COC7OC(COC8CC(O)C(O)C(CO)O8)C(O)C(O)C7O)C(O)C(O)C6O)C(O)C5O)CCCC4(C)C2CCC1(O[C@@H](C)OC(CO)C(O)C(O)OC1OC(CO)C(O)C(O)C1O)C3. The summed E-state index contributed by atoms with van der Waals surface area (Å²) in [5.74, 6) is -0.914. The summed E-state index contributed by atoms with van der Waals surface area (Å²) in [4.78, 5) is 14.7. The van der Waals surface area contributed by atoms with Gasteiger partial charge in [0.25, 0.3) is 0 Å². The third kappa shape index (κ3) is 13.4. The summed E-state index contributed by atoms with van der Waals surface area (Å²) in [6.07, 6.45) is -42.7. The standard InChI is InChI=1S/C56H92O32/c1-21-13-55-10-6-30-53(3,31(55)7-11-56(21,20-55)88-22(2)79-26(16-59)37(66)47(75)86-50-44(73)38(67)34(63)25(15-58)81-50)8-5-9-54(30,4)52(76)87-51-45(74)41(70)46(27(17-60)82-51)85-49-43(72)40(69)36(65)29(84-49)19-78-48-42(71)39(68)35(64)28(83-48)18-77-32-12-23(61)33(62)24(14-57)80-32/h22-51,57-75H,1,5-20H2,2-4H3/t22-,23?,24?,25?,26?,27?,28?,29?,30?,31?,32?,33?,34?,35?,36?,37?,38?,39?,40?,41?,42?,43?,44?,45?,46?,47?,48?,49?,50?,51?,53?,54?,55?,56?/m0/s1. The second-order valence-electron chi connectivity index (χ2n) is 26.0. The zero-order valence-corrected chi connectivity index (χ0v) is 49.1. The van der Waals surface area contributed by atoms with E-state index in [2.05, 4.69) is 13.5 Å². The fourth-order valence-electron chi connectivity index (χ4n) is 15.8. The van der Waals surface area contributed by atoms with Crippen LogP contribution < -0.4 is 0 Å². The molecule has 0 amide bonds. The van der Waals surface area contributed by atoms with E-state index < -0.39 is 234 Å². The first kappa shape index (κ1) is 70.3. The number of hydrogen-bond donors (Lipinski definition) is 19. The molecule has 19 N–H and O–H groups in total. The van der Waals surface area contributed by atoms with Gasteiger partial charge in [0.2, 0.25) is 6.29 Å². The van der Waals surface area contributed by atoms with Crippen LogP contribution in [-0.4, -0.2) is 320 Å². The van der Waals surface area contributed by atoms with Crippen LogP contribution in [0.4, 0.5) is 0 Å². The number of fused-ring (bicyclic) bond motifs is 3. The number of hydrogen-bond acceptors (Lipinski definition) is 32. The Morgan fingerprint density at radius 3 is 1.78 bits per heavy atom. The summed E-state index contributed by atoms with van der Waals surface area (Å²) in [5.41, 5.74) is -1.98. The maximum Gasteiger partial charge on any atom is 0.314 e. The van der Waals surface area contributed by atoms with E-state index in [1.807, 2.05) is 0 Å². The fourth-order valence-corrected chi connectivity index (χ4v) is 15.8. The minimum Gasteiger partial charge on any atom is -0.432 e. The van der Waals surface area contributed by atoms with Crippen molar-refractivity contribution in [1.29, 1.82) is 0 Å². The van der Waals surface area contributed by atoms with Gasteiger partial charge >= 0.3 is 5.97 Å². The van der Waals surface area contributed by atoms with Gasteiger partial charge in [0.05, 0.1) is 56.8 Å². The molecule has 5 heterocycles. The highest BCUT2D eigenvalue weighted by molar-refractivity contribution is 5.77. The van der Waals surface area contributed by atoms with E-state index in [1.54, 1.807) is 13.8 Å². The Bertz CT molecular complexity index is 2310. The molecule has 33 unspecified atom stereocenters. The van der Waals surface area contributed by atoms with Crippen molar-refractivity contribution < 1.29 is 159 Å². The van der Waals surface area contributed by atoms with E-state index in [-0.39, 0.29) is 23.7 Å². The number of ether oxygens (including phenoxy) is 12. The Kier molecular flexibility index (Phi) is 22.5. The Morgan fingerprint density at radius 2 is 1.15 bits per heavy atom. The number of aliphatic hydroxyl groups excluding tert-OH is 19. The topological polar surface area (TPSA) is 512 Å². The monoisotopic (exact) mass is 1280 g/mol. The summed E-state index contributed by atoms with van der Waals surface area (Å²) in [6, 6.07) is 0. The lowest BCUT2D eigenvalue weighted by Gasteiger charge is -2.64. The molecule has 9 fully saturated rings. The molecule has 34 atom stereocenters. The number of esters is 1. The van der Waals surface area contributed by atoms with Gasteiger partial charge in [-0.3, -0.25) is 4.79 Å². The maximum atomic E-state index is 14.7. The maximum absolute atomic E-state index is 14.7. The van der Waals surface area contributed by atoms with E-state index in [0.717, 1.165) is 12.0 Å². The van der Waals surface area contributed by atoms with Crippen LogP contribution in [0.3, 0.4) is 0 Å². The molecule has 4 saturated carbocycles. The van der Waals surface area contributed by atoms with Crippen LogP contribution >= 0.6 is 0 Å². The molecule has 0 aromatic rings. The van der Waals surface area contributed by atoms with Crippen molar-refractivity contribution in [2.75, 3.05) is 39.6 Å². The molecule has 32 heteroatoms. The highest BCUT2D eigenvalue weighted by Crippen LogP contribution is 2.73. The van der Waals surface area contributed by atoms with E-state index in [4.69, 9.17) is 56.8 Å². The first-order valence-electron chi connectivity index (χ1n) is 30.2. The first-order valence-corrected chi connectivity index (χ1v) is 30.2. The summed E-state index contributed by atoms with van der Waals surface area (Å²) >= 11 is 0. The molecule has 4 aliphatic carbocycles. The second-order valence-corrected chi connectivity index (χ2v) is 26.0. The Balaban J connectivity index is 0.787. The first-order chi connectivity index (χ1) is 41.5. The number of carbonyl (C=O) groups excluding carboxylic acids is 1. The zero-order valence-electron chi connectivity index (χ0n) is 49.1. The van der Waals surface area contributed by atoms with Crippen LogP contribution in [0.1, 0.15) is 85.0 Å². The summed E-state index contributed by atoms with van der Waals surface area (Å²) in [5, 5.41) is 201. The second kappa shape index (κ2) is 28.1. The van der Waals surface area contributed by atoms with Crippen molar-refractivity contribution in [3.8, 4) is 0 Å². The van der Waals surface area contributed by atoms with E-state index in [1.165, 1.54) is 0 Å². The molecule has 5 saturated heterocycles. The van der Waals surface area contributed by atoms with Crippen molar-refractivity contribution >= 4 is 5.97 Å². The molecule has 0 aromatic heterocycles. The molecule has 9 aliphatic rings. The minimum absolute atomic E-state index is 0.0593. The van der Waals surface area contributed by atoms with Gasteiger partial charge in [-0.1, -0.05) is 19.9 Å². The number of rotatable bonds is 22.